The molecule has 0 radical (unpaired) electrons. The predicted molar refractivity (Wildman–Crippen MR) is 122 cm³/mol. The summed E-state index contributed by atoms with van der Waals surface area (Å²) in [5, 5.41) is 10.7. The monoisotopic (exact) mass is 357 g/mol. The fraction of sp³-hybridized carbons (Fsp3) is 0.0370. The quantitative estimate of drug-likeness (QED) is 0.227. The van der Waals surface area contributed by atoms with Crippen molar-refractivity contribution in [3.63, 3.8) is 0 Å². The van der Waals surface area contributed by atoms with Crippen molar-refractivity contribution in [1.29, 1.82) is 0 Å². The third-order valence-corrected chi connectivity index (χ3v) is 5.91. The van der Waals surface area contributed by atoms with Crippen molar-refractivity contribution in [3.8, 4) is 0 Å². The van der Waals surface area contributed by atoms with E-state index >= 15 is 0 Å². The summed E-state index contributed by atoms with van der Waals surface area (Å²) < 4.78 is 2.14. The highest BCUT2D eigenvalue weighted by molar-refractivity contribution is 6.33. The highest BCUT2D eigenvalue weighted by Crippen LogP contribution is 2.40. The summed E-state index contributed by atoms with van der Waals surface area (Å²) in [5.41, 5.74) is 2.44. The normalized spacial score (nSPS) is 12.3. The van der Waals surface area contributed by atoms with Gasteiger partial charge in [0, 0.05) is 18.9 Å². The summed E-state index contributed by atoms with van der Waals surface area (Å²) in [4.78, 5) is 0. The van der Waals surface area contributed by atoms with Crippen LogP contribution in [0.1, 0.15) is 11.3 Å². The van der Waals surface area contributed by atoms with E-state index in [1.165, 1.54) is 54.3 Å². The maximum absolute atomic E-state index is 2.34. The van der Waals surface area contributed by atoms with Crippen LogP contribution in [0.2, 0.25) is 0 Å². The molecule has 0 amide bonds. The molecule has 1 heterocycles. The van der Waals surface area contributed by atoms with Gasteiger partial charge in [0.05, 0.1) is 0 Å². The van der Waals surface area contributed by atoms with E-state index in [4.69, 9.17) is 0 Å². The fourth-order valence-electron chi connectivity index (χ4n) is 4.60. The molecule has 0 aliphatic heterocycles. The van der Waals surface area contributed by atoms with Gasteiger partial charge in [-0.15, -0.1) is 0 Å². The minimum Gasteiger partial charge on any atom is -0.351 e. The molecular weight excluding hydrogens is 338 g/mol. The molecule has 0 bridgehead atoms. The maximum Gasteiger partial charge on any atom is 0.0404 e. The van der Waals surface area contributed by atoms with Gasteiger partial charge in [0.25, 0.3) is 0 Å². The molecular formula is C27H19N. The number of benzene rings is 5. The second-order valence-corrected chi connectivity index (χ2v) is 7.56. The van der Waals surface area contributed by atoms with Crippen molar-refractivity contribution >= 4 is 55.2 Å². The van der Waals surface area contributed by atoms with E-state index in [9.17, 15) is 0 Å². The molecule has 0 N–H and O–H groups in total. The van der Waals surface area contributed by atoms with Gasteiger partial charge >= 0.3 is 0 Å². The smallest absolute Gasteiger partial charge is 0.0404 e. The average Bonchev–Trinajstić information content (AvgIpc) is 3.14. The minimum absolute atomic E-state index is 1.20. The summed E-state index contributed by atoms with van der Waals surface area (Å²) in [7, 11) is 2.08. The first-order valence-electron chi connectivity index (χ1n) is 9.68. The van der Waals surface area contributed by atoms with E-state index in [0.29, 0.717) is 0 Å². The van der Waals surface area contributed by atoms with E-state index in [1.54, 1.807) is 0 Å². The summed E-state index contributed by atoms with van der Waals surface area (Å²) in [6.45, 7) is 0. The molecule has 0 saturated heterocycles. The Morgan fingerprint density at radius 3 is 1.93 bits per heavy atom. The number of aromatic nitrogens is 1. The molecule has 6 aromatic rings. The van der Waals surface area contributed by atoms with E-state index in [1.807, 2.05) is 0 Å². The molecule has 1 aromatic heterocycles. The van der Waals surface area contributed by atoms with Crippen molar-refractivity contribution in [3.05, 3.63) is 96.3 Å². The summed E-state index contributed by atoms with van der Waals surface area (Å²) >= 11 is 0. The molecule has 0 atom stereocenters. The highest BCUT2D eigenvalue weighted by Gasteiger charge is 2.12. The Morgan fingerprint density at radius 1 is 0.607 bits per heavy atom. The summed E-state index contributed by atoms with van der Waals surface area (Å²) in [5.74, 6) is 0. The minimum atomic E-state index is 1.20. The van der Waals surface area contributed by atoms with Crippen LogP contribution < -0.4 is 0 Å². The van der Waals surface area contributed by atoms with E-state index in [-0.39, 0.29) is 0 Å². The molecule has 6 rings (SSSR count). The molecule has 0 spiro atoms. The van der Waals surface area contributed by atoms with Gasteiger partial charge in [-0.05, 0) is 79.0 Å². The van der Waals surface area contributed by atoms with E-state index in [0.717, 1.165) is 0 Å². The average molecular weight is 357 g/mol. The van der Waals surface area contributed by atoms with Crippen LogP contribution in [0.3, 0.4) is 0 Å². The molecule has 28 heavy (non-hydrogen) atoms. The van der Waals surface area contributed by atoms with Crippen LogP contribution in [0.4, 0.5) is 0 Å². The Hall–Kier alpha value is -3.58. The molecule has 0 aliphatic carbocycles. The molecule has 0 aliphatic rings. The predicted octanol–water partition coefficient (Wildman–Crippen LogP) is 7.25. The lowest BCUT2D eigenvalue weighted by atomic mass is 9.89. The first-order chi connectivity index (χ1) is 13.8. The highest BCUT2D eigenvalue weighted by atomic mass is 14.9. The largest absolute Gasteiger partial charge is 0.351 e. The first-order valence-corrected chi connectivity index (χ1v) is 9.68. The van der Waals surface area contributed by atoms with Gasteiger partial charge in [-0.3, -0.25) is 0 Å². The topological polar surface area (TPSA) is 4.93 Å². The number of hydrogen-bond acceptors (Lipinski definition) is 0. The van der Waals surface area contributed by atoms with Crippen LogP contribution in [-0.2, 0) is 7.05 Å². The Morgan fingerprint density at radius 2 is 1.25 bits per heavy atom. The van der Waals surface area contributed by atoms with Gasteiger partial charge < -0.3 is 4.57 Å². The Bertz CT molecular complexity index is 1510. The molecule has 5 aromatic carbocycles. The van der Waals surface area contributed by atoms with E-state index < -0.39 is 0 Å². The van der Waals surface area contributed by atoms with Crippen molar-refractivity contribution in [1.82, 2.24) is 4.57 Å². The lowest BCUT2D eigenvalue weighted by molar-refractivity contribution is 0.915. The third kappa shape index (κ3) is 2.13. The SMILES string of the molecule is Cn1cccc1/C=C/c1cc2cccc3c4cccc5cccc(c(c1)c23)c54. The Labute approximate surface area is 163 Å². The first kappa shape index (κ1) is 15.5. The lowest BCUT2D eigenvalue weighted by Crippen LogP contribution is -1.88. The fourth-order valence-corrected chi connectivity index (χ4v) is 4.60. The van der Waals surface area contributed by atoms with Crippen molar-refractivity contribution < 1.29 is 0 Å². The van der Waals surface area contributed by atoms with Crippen LogP contribution in [-0.4, -0.2) is 4.57 Å². The number of hydrogen-bond donors (Lipinski definition) is 0. The van der Waals surface area contributed by atoms with Gasteiger partial charge in [0.2, 0.25) is 0 Å². The van der Waals surface area contributed by atoms with E-state index in [2.05, 4.69) is 109 Å². The van der Waals surface area contributed by atoms with Gasteiger partial charge in [-0.1, -0.05) is 60.7 Å². The zero-order valence-corrected chi connectivity index (χ0v) is 15.7. The molecule has 0 saturated carbocycles. The van der Waals surface area contributed by atoms with Crippen molar-refractivity contribution in [2.45, 2.75) is 0 Å². The summed E-state index contributed by atoms with van der Waals surface area (Å²) in [6.07, 6.45) is 6.49. The Balaban J connectivity index is 1.73. The second kappa shape index (κ2) is 5.71. The van der Waals surface area contributed by atoms with Crippen LogP contribution in [0.5, 0.6) is 0 Å². The van der Waals surface area contributed by atoms with Gasteiger partial charge in [0.1, 0.15) is 0 Å². The summed E-state index contributed by atoms with van der Waals surface area (Å²) in [6, 6.07) is 28.8. The zero-order valence-electron chi connectivity index (χ0n) is 15.7. The van der Waals surface area contributed by atoms with Gasteiger partial charge in [-0.2, -0.15) is 0 Å². The Kier molecular flexibility index (Phi) is 3.15. The standard InChI is InChI=1S/C27H19N/c1-28-15-5-9-21(28)14-13-18-16-20-8-4-11-23-22-10-2-6-19-7-3-12-24(26(19)22)25(17-18)27(20)23/h2-17H,1H3/b14-13+. The molecule has 132 valence electrons. The lowest BCUT2D eigenvalue weighted by Gasteiger charge is -2.15. The third-order valence-electron chi connectivity index (χ3n) is 5.91. The van der Waals surface area contributed by atoms with Crippen molar-refractivity contribution in [2.24, 2.45) is 7.05 Å². The molecule has 1 heteroatoms. The number of fused-ring (bicyclic) bond motifs is 2. The van der Waals surface area contributed by atoms with Crippen LogP contribution >= 0.6 is 0 Å². The van der Waals surface area contributed by atoms with Crippen LogP contribution in [0.15, 0.2) is 85.1 Å². The number of rotatable bonds is 2. The molecule has 1 nitrogen and oxygen atoms in total. The molecule has 0 fully saturated rings. The number of nitrogens with zero attached hydrogens (tertiary/aromatic N) is 1. The van der Waals surface area contributed by atoms with Crippen molar-refractivity contribution in [2.75, 3.05) is 0 Å². The van der Waals surface area contributed by atoms with Gasteiger partial charge in [-0.25, -0.2) is 0 Å². The maximum atomic E-state index is 2.34. The second-order valence-electron chi connectivity index (χ2n) is 7.56. The van der Waals surface area contributed by atoms with Crippen LogP contribution in [0.25, 0.3) is 55.2 Å². The zero-order chi connectivity index (χ0) is 18.7. The number of aryl methyl sites for hydroxylation is 1. The van der Waals surface area contributed by atoms with Crippen LogP contribution in [0, 0.1) is 0 Å². The molecule has 0 unspecified atom stereocenters. The van der Waals surface area contributed by atoms with Gasteiger partial charge in [0.15, 0.2) is 0 Å².